The van der Waals surface area contributed by atoms with Gasteiger partial charge in [-0.15, -0.1) is 10.2 Å². The Morgan fingerprint density at radius 2 is 2.18 bits per heavy atom. The SMILES string of the molecule is Cc1nnc(Sc2cc(N)ccc2C(N)=O)s1. The summed E-state index contributed by atoms with van der Waals surface area (Å²) in [7, 11) is 0. The van der Waals surface area contributed by atoms with Crippen LogP contribution in [0.2, 0.25) is 0 Å². The minimum Gasteiger partial charge on any atom is -0.399 e. The number of benzene rings is 1. The molecule has 0 unspecified atom stereocenters. The number of anilines is 1. The summed E-state index contributed by atoms with van der Waals surface area (Å²) >= 11 is 2.80. The second kappa shape index (κ2) is 4.72. The van der Waals surface area contributed by atoms with Crippen molar-refractivity contribution in [2.75, 3.05) is 5.73 Å². The molecule has 7 heteroatoms. The second-order valence-corrected chi connectivity index (χ2v) is 5.78. The highest BCUT2D eigenvalue weighted by atomic mass is 32.2. The van der Waals surface area contributed by atoms with E-state index in [0.29, 0.717) is 16.1 Å². The fourth-order valence-electron chi connectivity index (χ4n) is 1.24. The van der Waals surface area contributed by atoms with Crippen LogP contribution in [0.25, 0.3) is 0 Å². The number of primary amides is 1. The van der Waals surface area contributed by atoms with Gasteiger partial charge >= 0.3 is 0 Å². The average molecular weight is 266 g/mol. The summed E-state index contributed by atoms with van der Waals surface area (Å²) in [5.74, 6) is -0.478. The Morgan fingerprint density at radius 1 is 1.41 bits per heavy atom. The summed E-state index contributed by atoms with van der Waals surface area (Å²) < 4.78 is 0.760. The number of aromatic nitrogens is 2. The Kier molecular flexibility index (Phi) is 3.30. The van der Waals surface area contributed by atoms with Gasteiger partial charge in [0.25, 0.3) is 0 Å². The number of hydrogen-bond acceptors (Lipinski definition) is 6. The molecule has 0 aliphatic carbocycles. The zero-order chi connectivity index (χ0) is 12.4. The number of aryl methyl sites for hydroxylation is 1. The molecule has 5 nitrogen and oxygen atoms in total. The molecule has 0 fully saturated rings. The van der Waals surface area contributed by atoms with Gasteiger partial charge in [-0.1, -0.05) is 23.1 Å². The van der Waals surface area contributed by atoms with Gasteiger partial charge in [-0.25, -0.2) is 0 Å². The summed E-state index contributed by atoms with van der Waals surface area (Å²) in [6.07, 6.45) is 0. The molecule has 1 aromatic heterocycles. The van der Waals surface area contributed by atoms with E-state index >= 15 is 0 Å². The number of hydrogen-bond donors (Lipinski definition) is 2. The van der Waals surface area contributed by atoms with E-state index in [1.807, 2.05) is 6.92 Å². The van der Waals surface area contributed by atoms with Crippen molar-refractivity contribution in [1.82, 2.24) is 10.2 Å². The standard InChI is InChI=1S/C10H10N4OS2/c1-5-13-14-10(16-5)17-8-4-6(11)2-3-7(8)9(12)15/h2-4H,11H2,1H3,(H2,12,15). The van der Waals surface area contributed by atoms with E-state index in [9.17, 15) is 4.79 Å². The molecule has 88 valence electrons. The molecule has 4 N–H and O–H groups in total. The van der Waals surface area contributed by atoms with E-state index in [-0.39, 0.29) is 0 Å². The highest BCUT2D eigenvalue weighted by Gasteiger charge is 2.12. The lowest BCUT2D eigenvalue weighted by atomic mass is 10.2. The highest BCUT2D eigenvalue weighted by molar-refractivity contribution is 8.01. The Hall–Kier alpha value is -1.60. The van der Waals surface area contributed by atoms with Crippen molar-refractivity contribution in [1.29, 1.82) is 0 Å². The molecule has 17 heavy (non-hydrogen) atoms. The third-order valence-electron chi connectivity index (χ3n) is 1.98. The van der Waals surface area contributed by atoms with Gasteiger partial charge in [0, 0.05) is 10.6 Å². The number of amides is 1. The van der Waals surface area contributed by atoms with E-state index < -0.39 is 5.91 Å². The Labute approximate surface area is 106 Å². The lowest BCUT2D eigenvalue weighted by Gasteiger charge is -2.04. The number of rotatable bonds is 3. The van der Waals surface area contributed by atoms with Crippen LogP contribution in [-0.2, 0) is 0 Å². The van der Waals surface area contributed by atoms with Crippen LogP contribution in [0.1, 0.15) is 15.4 Å². The quantitative estimate of drug-likeness (QED) is 0.824. The van der Waals surface area contributed by atoms with E-state index in [0.717, 1.165) is 9.35 Å². The lowest BCUT2D eigenvalue weighted by Crippen LogP contribution is -2.12. The van der Waals surface area contributed by atoms with Gasteiger partial charge in [0.1, 0.15) is 5.01 Å². The van der Waals surface area contributed by atoms with Crippen LogP contribution in [0.15, 0.2) is 27.4 Å². The van der Waals surface area contributed by atoms with Gasteiger partial charge in [-0.2, -0.15) is 0 Å². The van der Waals surface area contributed by atoms with E-state index in [1.54, 1.807) is 18.2 Å². The van der Waals surface area contributed by atoms with Crippen LogP contribution in [-0.4, -0.2) is 16.1 Å². The van der Waals surface area contributed by atoms with Gasteiger partial charge in [0.2, 0.25) is 5.91 Å². The van der Waals surface area contributed by atoms with Crippen LogP contribution in [0.5, 0.6) is 0 Å². The zero-order valence-electron chi connectivity index (χ0n) is 9.01. The maximum atomic E-state index is 11.3. The molecule has 0 saturated carbocycles. The van der Waals surface area contributed by atoms with Crippen molar-refractivity contribution < 1.29 is 4.79 Å². The van der Waals surface area contributed by atoms with E-state index in [4.69, 9.17) is 11.5 Å². The molecule has 0 spiro atoms. The normalized spacial score (nSPS) is 10.4. The topological polar surface area (TPSA) is 94.9 Å². The lowest BCUT2D eigenvalue weighted by molar-refractivity contribution is 0.0997. The number of nitrogens with two attached hydrogens (primary N) is 2. The maximum absolute atomic E-state index is 11.3. The second-order valence-electron chi connectivity index (χ2n) is 3.31. The van der Waals surface area contributed by atoms with Gasteiger partial charge in [-0.05, 0) is 25.1 Å². The molecule has 0 aliphatic heterocycles. The molecule has 0 aliphatic rings. The van der Waals surface area contributed by atoms with Crippen LogP contribution >= 0.6 is 23.1 Å². The minimum atomic E-state index is -0.478. The monoisotopic (exact) mass is 266 g/mol. The van der Waals surface area contributed by atoms with Crippen LogP contribution in [0.4, 0.5) is 5.69 Å². The van der Waals surface area contributed by atoms with Gasteiger partial charge in [-0.3, -0.25) is 4.79 Å². The Morgan fingerprint density at radius 3 is 2.76 bits per heavy atom. The summed E-state index contributed by atoms with van der Waals surface area (Å²) in [4.78, 5) is 12.0. The highest BCUT2D eigenvalue weighted by Crippen LogP contribution is 2.33. The van der Waals surface area contributed by atoms with Gasteiger partial charge < -0.3 is 11.5 Å². The first-order valence-corrected chi connectivity index (χ1v) is 6.37. The number of carbonyl (C=O) groups excluding carboxylic acids is 1. The molecule has 2 aromatic rings. The number of nitrogens with zero attached hydrogens (tertiary/aromatic N) is 2. The molecule has 1 amide bonds. The smallest absolute Gasteiger partial charge is 0.249 e. The molecule has 1 heterocycles. The fourth-order valence-corrected chi connectivity index (χ4v) is 3.20. The first kappa shape index (κ1) is 11.9. The summed E-state index contributed by atoms with van der Waals surface area (Å²) in [5.41, 5.74) is 12.0. The first-order chi connectivity index (χ1) is 8.06. The molecular formula is C10H10N4OS2. The maximum Gasteiger partial charge on any atom is 0.249 e. The molecule has 2 rings (SSSR count). The van der Waals surface area contributed by atoms with Crippen LogP contribution < -0.4 is 11.5 Å². The Balaban J connectivity index is 2.37. The van der Waals surface area contributed by atoms with Gasteiger partial charge in [0.15, 0.2) is 4.34 Å². The predicted octanol–water partition coefficient (Wildman–Crippen LogP) is 1.68. The molecule has 0 bridgehead atoms. The largest absolute Gasteiger partial charge is 0.399 e. The predicted molar refractivity (Wildman–Crippen MR) is 68.1 cm³/mol. The summed E-state index contributed by atoms with van der Waals surface area (Å²) in [5, 5.41) is 8.76. The first-order valence-electron chi connectivity index (χ1n) is 4.73. The minimum absolute atomic E-state index is 0.442. The van der Waals surface area contributed by atoms with Crippen LogP contribution in [0.3, 0.4) is 0 Å². The van der Waals surface area contributed by atoms with E-state index in [2.05, 4.69) is 10.2 Å². The van der Waals surface area contributed by atoms with Crippen molar-refractivity contribution in [2.45, 2.75) is 16.2 Å². The molecule has 0 radical (unpaired) electrons. The Bertz CT molecular complexity index is 567. The third-order valence-corrected chi connectivity index (χ3v) is 3.92. The van der Waals surface area contributed by atoms with Crippen molar-refractivity contribution in [3.05, 3.63) is 28.8 Å². The molecule has 0 atom stereocenters. The zero-order valence-corrected chi connectivity index (χ0v) is 10.6. The summed E-state index contributed by atoms with van der Waals surface area (Å²) in [6, 6.07) is 4.98. The fraction of sp³-hybridized carbons (Fsp3) is 0.100. The summed E-state index contributed by atoms with van der Waals surface area (Å²) in [6.45, 7) is 1.87. The van der Waals surface area contributed by atoms with Crippen molar-refractivity contribution in [3.8, 4) is 0 Å². The molecule has 0 saturated heterocycles. The molecule has 1 aromatic carbocycles. The van der Waals surface area contributed by atoms with Crippen molar-refractivity contribution in [2.24, 2.45) is 5.73 Å². The van der Waals surface area contributed by atoms with Crippen LogP contribution in [0, 0.1) is 6.92 Å². The molecular weight excluding hydrogens is 256 g/mol. The average Bonchev–Trinajstić information content (AvgIpc) is 2.63. The van der Waals surface area contributed by atoms with Crippen molar-refractivity contribution >= 4 is 34.7 Å². The van der Waals surface area contributed by atoms with Gasteiger partial charge in [0.05, 0.1) is 5.56 Å². The van der Waals surface area contributed by atoms with E-state index in [1.165, 1.54) is 23.1 Å². The number of nitrogen functional groups attached to an aromatic ring is 1. The van der Waals surface area contributed by atoms with Crippen molar-refractivity contribution in [3.63, 3.8) is 0 Å². The third kappa shape index (κ3) is 2.75. The number of carbonyl (C=O) groups is 1.